The Morgan fingerprint density at radius 1 is 0.288 bits per heavy atom. The molecule has 0 saturated carbocycles. The second kappa shape index (κ2) is 15.4. The number of rotatable bonds is 5. The Morgan fingerprint density at radius 2 is 0.561 bits per heavy atom. The van der Waals surface area contributed by atoms with Gasteiger partial charge in [0.05, 0.1) is 22.1 Å². The lowest BCUT2D eigenvalue weighted by atomic mass is 9.85. The number of aromatic nitrogens is 4. The molecule has 10 aromatic rings. The third kappa shape index (κ3) is 7.70. The lowest BCUT2D eigenvalue weighted by molar-refractivity contribution is 0.590. The topological polar surface area (TPSA) is 35.6 Å². The lowest BCUT2D eigenvalue weighted by Crippen LogP contribution is -2.10. The van der Waals surface area contributed by atoms with Crippen LogP contribution in [-0.2, 0) is 21.7 Å². The monoisotopic (exact) mass is 862 g/mol. The van der Waals surface area contributed by atoms with E-state index in [4.69, 9.17) is 9.97 Å². The van der Waals surface area contributed by atoms with E-state index in [1.165, 1.54) is 65.9 Å². The van der Waals surface area contributed by atoms with Crippen molar-refractivity contribution in [2.45, 2.75) is 105 Å². The van der Waals surface area contributed by atoms with Crippen LogP contribution in [0.25, 0.3) is 88.4 Å². The van der Waals surface area contributed by atoms with Crippen LogP contribution in [0.5, 0.6) is 0 Å². The summed E-state index contributed by atoms with van der Waals surface area (Å²) in [7, 11) is 0. The molecule has 0 spiro atoms. The fraction of sp³-hybridized carbons (Fsp3) is 0.258. The summed E-state index contributed by atoms with van der Waals surface area (Å²) in [5.74, 6) is 0. The van der Waals surface area contributed by atoms with E-state index in [0.717, 1.165) is 44.8 Å². The molecule has 0 N–H and O–H groups in total. The van der Waals surface area contributed by atoms with E-state index in [1.807, 2.05) is 24.8 Å². The smallest absolute Gasteiger partial charge is 0.0541 e. The van der Waals surface area contributed by atoms with E-state index >= 15 is 0 Å². The van der Waals surface area contributed by atoms with E-state index in [0.29, 0.717) is 0 Å². The molecule has 0 bridgehead atoms. The predicted molar refractivity (Wildman–Crippen MR) is 282 cm³/mol. The highest BCUT2D eigenvalue weighted by Gasteiger charge is 2.23. The molecule has 4 aromatic heterocycles. The van der Waals surface area contributed by atoms with Gasteiger partial charge in [0.15, 0.2) is 0 Å². The SMILES string of the molecule is CC(C)(C)c1ccc2c(c1)c1cc(C(C)(C)C)ccc1n2-c1cccc(-c2cncc(-c3cncc(-c4cccc(-n5c6ccc(C(C)(C)C)cc6c6cc(C(C)(C)C)ccc65)c4)c3)c2)c1. The van der Waals surface area contributed by atoms with Crippen molar-refractivity contribution in [1.29, 1.82) is 0 Å². The molecule has 6 aromatic carbocycles. The van der Waals surface area contributed by atoms with Gasteiger partial charge in [-0.15, -0.1) is 0 Å². The molecule has 0 fully saturated rings. The first kappa shape index (κ1) is 43.1. The van der Waals surface area contributed by atoms with Crippen molar-refractivity contribution >= 4 is 43.6 Å². The van der Waals surface area contributed by atoms with Crippen LogP contribution in [0.3, 0.4) is 0 Å². The van der Waals surface area contributed by atoms with Crippen molar-refractivity contribution in [2.24, 2.45) is 0 Å². The van der Waals surface area contributed by atoms with Gasteiger partial charge in [0.2, 0.25) is 0 Å². The molecule has 4 heteroatoms. The summed E-state index contributed by atoms with van der Waals surface area (Å²) in [6, 6.07) is 50.3. The minimum Gasteiger partial charge on any atom is -0.309 e. The Hall–Kier alpha value is -6.78. The van der Waals surface area contributed by atoms with Gasteiger partial charge < -0.3 is 9.13 Å². The van der Waals surface area contributed by atoms with Crippen LogP contribution in [0.4, 0.5) is 0 Å². The molecule has 4 heterocycles. The van der Waals surface area contributed by atoms with Gasteiger partial charge in [0.25, 0.3) is 0 Å². The molecule has 330 valence electrons. The largest absolute Gasteiger partial charge is 0.309 e. The molecule has 0 atom stereocenters. The number of hydrogen-bond acceptors (Lipinski definition) is 2. The van der Waals surface area contributed by atoms with E-state index in [-0.39, 0.29) is 21.7 Å². The maximum Gasteiger partial charge on any atom is 0.0541 e. The summed E-state index contributed by atoms with van der Waals surface area (Å²) in [5.41, 5.74) is 19.0. The Labute approximate surface area is 391 Å². The lowest BCUT2D eigenvalue weighted by Gasteiger charge is -2.19. The molecule has 0 radical (unpaired) electrons. The van der Waals surface area contributed by atoms with Crippen molar-refractivity contribution in [3.8, 4) is 44.8 Å². The van der Waals surface area contributed by atoms with E-state index in [2.05, 4.69) is 226 Å². The average molecular weight is 863 g/mol. The highest BCUT2D eigenvalue weighted by molar-refractivity contribution is 6.11. The van der Waals surface area contributed by atoms with Gasteiger partial charge in [0, 0.05) is 80.0 Å². The van der Waals surface area contributed by atoms with E-state index in [1.54, 1.807) is 0 Å². The van der Waals surface area contributed by atoms with Gasteiger partial charge >= 0.3 is 0 Å². The summed E-state index contributed by atoms with van der Waals surface area (Å²) in [5, 5.41) is 5.15. The fourth-order valence-corrected chi connectivity index (χ4v) is 9.63. The van der Waals surface area contributed by atoms with Crippen molar-refractivity contribution in [1.82, 2.24) is 19.1 Å². The number of pyridine rings is 2. The third-order valence-corrected chi connectivity index (χ3v) is 13.7. The second-order valence-electron chi connectivity index (χ2n) is 22.6. The Balaban J connectivity index is 1.02. The molecule has 0 saturated heterocycles. The summed E-state index contributed by atoms with van der Waals surface area (Å²) in [4.78, 5) is 9.62. The van der Waals surface area contributed by atoms with Crippen molar-refractivity contribution in [3.63, 3.8) is 0 Å². The second-order valence-corrected chi connectivity index (χ2v) is 22.6. The normalized spacial score (nSPS) is 12.8. The highest BCUT2D eigenvalue weighted by atomic mass is 15.0. The zero-order valence-corrected chi connectivity index (χ0v) is 40.8. The molecule has 0 amide bonds. The number of fused-ring (bicyclic) bond motifs is 6. The molecule has 66 heavy (non-hydrogen) atoms. The first-order chi connectivity index (χ1) is 31.2. The molecule has 10 rings (SSSR count). The van der Waals surface area contributed by atoms with E-state index in [9.17, 15) is 0 Å². The van der Waals surface area contributed by atoms with Crippen LogP contribution in [0.1, 0.15) is 105 Å². The van der Waals surface area contributed by atoms with Crippen LogP contribution >= 0.6 is 0 Å². The number of benzene rings is 6. The standard InChI is InChI=1S/C62H62N4/c1-59(2,3)45-19-23-55-51(31-45)52-32-46(60(4,5)6)20-24-56(52)65(55)49-17-13-15-39(29-49)41-27-43(37-63-35-41)44-28-42(36-64-38-44)40-16-14-18-50(30-40)66-57-25-21-47(61(7,8)9)33-53(57)54-34-48(62(10,11)12)22-26-58(54)66/h13-38H,1-12H3. The number of hydrogen-bond donors (Lipinski definition) is 0. The summed E-state index contributed by atoms with van der Waals surface area (Å²) in [6.45, 7) is 27.5. The zero-order chi connectivity index (χ0) is 46.5. The van der Waals surface area contributed by atoms with Crippen LogP contribution in [0.2, 0.25) is 0 Å². The van der Waals surface area contributed by atoms with Crippen LogP contribution in [0.15, 0.2) is 158 Å². The van der Waals surface area contributed by atoms with Gasteiger partial charge in [-0.25, -0.2) is 0 Å². The quantitative estimate of drug-likeness (QED) is 0.173. The first-order valence-corrected chi connectivity index (χ1v) is 23.5. The molecule has 0 aliphatic rings. The predicted octanol–water partition coefficient (Wildman–Crippen LogP) is 16.9. The molecule has 0 aliphatic heterocycles. The maximum atomic E-state index is 4.81. The number of nitrogens with zero attached hydrogens (tertiary/aromatic N) is 4. The van der Waals surface area contributed by atoms with Gasteiger partial charge in [-0.05, 0) is 140 Å². The van der Waals surface area contributed by atoms with Crippen molar-refractivity contribution < 1.29 is 0 Å². The van der Waals surface area contributed by atoms with Crippen LogP contribution < -0.4 is 0 Å². The maximum absolute atomic E-state index is 4.81. The van der Waals surface area contributed by atoms with Gasteiger partial charge in [-0.2, -0.15) is 0 Å². The highest BCUT2D eigenvalue weighted by Crippen LogP contribution is 2.41. The Bertz CT molecular complexity index is 3130. The minimum atomic E-state index is 0.0444. The average Bonchev–Trinajstić information content (AvgIpc) is 3.79. The van der Waals surface area contributed by atoms with Gasteiger partial charge in [-0.1, -0.05) is 132 Å². The van der Waals surface area contributed by atoms with Crippen LogP contribution in [0, 0.1) is 0 Å². The summed E-state index contributed by atoms with van der Waals surface area (Å²) >= 11 is 0. The summed E-state index contributed by atoms with van der Waals surface area (Å²) < 4.78 is 4.86. The van der Waals surface area contributed by atoms with Crippen molar-refractivity contribution in [3.05, 3.63) is 181 Å². The van der Waals surface area contributed by atoms with Crippen LogP contribution in [-0.4, -0.2) is 19.1 Å². The first-order valence-electron chi connectivity index (χ1n) is 23.5. The molecule has 0 aliphatic carbocycles. The van der Waals surface area contributed by atoms with Crippen molar-refractivity contribution in [2.75, 3.05) is 0 Å². The van der Waals surface area contributed by atoms with Gasteiger partial charge in [0.1, 0.15) is 0 Å². The Kier molecular flexibility index (Phi) is 10.1. The molecule has 4 nitrogen and oxygen atoms in total. The fourth-order valence-electron chi connectivity index (χ4n) is 9.63. The molecule has 0 unspecified atom stereocenters. The van der Waals surface area contributed by atoms with E-state index < -0.39 is 0 Å². The Morgan fingerprint density at radius 3 is 0.833 bits per heavy atom. The van der Waals surface area contributed by atoms with Gasteiger partial charge in [-0.3, -0.25) is 9.97 Å². The zero-order valence-electron chi connectivity index (χ0n) is 40.8. The molecular formula is C62H62N4. The molecular weight excluding hydrogens is 801 g/mol. The minimum absolute atomic E-state index is 0.0444. The summed E-state index contributed by atoms with van der Waals surface area (Å²) in [6.07, 6.45) is 7.85. The third-order valence-electron chi connectivity index (χ3n) is 13.7.